The molecule has 0 aliphatic carbocycles. The van der Waals surface area contributed by atoms with Crippen molar-refractivity contribution in [1.29, 1.82) is 0 Å². The second-order valence-corrected chi connectivity index (χ2v) is 7.22. The van der Waals surface area contributed by atoms with E-state index in [0.29, 0.717) is 26.1 Å². The van der Waals surface area contributed by atoms with Gasteiger partial charge in [-0.25, -0.2) is 0 Å². The largest absolute Gasteiger partial charge is 0.340 e. The zero-order valence-electron chi connectivity index (χ0n) is 14.8. The molecule has 3 fully saturated rings. The monoisotopic (exact) mass is 349 g/mol. The third-order valence-corrected chi connectivity index (χ3v) is 5.42. The van der Waals surface area contributed by atoms with Crippen LogP contribution in [0.2, 0.25) is 0 Å². The Morgan fingerprint density at radius 2 is 1.85 bits per heavy atom. The van der Waals surface area contributed by atoms with Crippen LogP contribution in [-0.4, -0.2) is 45.7 Å². The zero-order valence-corrected chi connectivity index (χ0v) is 14.8. The van der Waals surface area contributed by atoms with Gasteiger partial charge in [-0.3, -0.25) is 14.6 Å². The van der Waals surface area contributed by atoms with E-state index in [4.69, 9.17) is 0 Å². The lowest BCUT2D eigenvalue weighted by atomic mass is 9.93. The summed E-state index contributed by atoms with van der Waals surface area (Å²) in [5, 5.41) is 0. The topological polar surface area (TPSA) is 53.5 Å². The molecule has 0 unspecified atom stereocenters. The van der Waals surface area contributed by atoms with Gasteiger partial charge in [-0.05, 0) is 30.0 Å². The van der Waals surface area contributed by atoms with Crippen LogP contribution in [0.1, 0.15) is 24.0 Å². The van der Waals surface area contributed by atoms with E-state index < -0.39 is 0 Å². The molecule has 0 N–H and O–H groups in total. The van der Waals surface area contributed by atoms with E-state index in [-0.39, 0.29) is 23.8 Å². The van der Waals surface area contributed by atoms with Crippen molar-refractivity contribution in [3.63, 3.8) is 0 Å². The molecule has 4 heterocycles. The maximum Gasteiger partial charge on any atom is 0.228 e. The predicted molar refractivity (Wildman–Crippen MR) is 98.0 cm³/mol. The average Bonchev–Trinajstić information content (AvgIpc) is 2.96. The number of carbonyl (C=O) groups excluding carboxylic acids is 2. The number of hydrogen-bond acceptors (Lipinski definition) is 3. The highest BCUT2D eigenvalue weighted by Crippen LogP contribution is 2.30. The highest BCUT2D eigenvalue weighted by Gasteiger charge is 2.41. The van der Waals surface area contributed by atoms with Gasteiger partial charge in [0.05, 0.1) is 12.3 Å². The minimum atomic E-state index is -0.0738. The standard InChI is InChI=1S/C21H23N3O2/c25-20(11-17-7-4-10-22-12-17)23-14-18-8-9-19(15-23)24(21(18)26)13-16-5-2-1-3-6-16/h1-7,10,12,18-19H,8-9,11,13-15H2/t18-,19+/m1/s1. The van der Waals surface area contributed by atoms with Gasteiger partial charge in [-0.2, -0.15) is 0 Å². The molecular formula is C21H23N3O2. The Morgan fingerprint density at radius 1 is 1.04 bits per heavy atom. The van der Waals surface area contributed by atoms with Crippen molar-refractivity contribution >= 4 is 11.8 Å². The number of amides is 2. The summed E-state index contributed by atoms with van der Waals surface area (Å²) >= 11 is 0. The second-order valence-electron chi connectivity index (χ2n) is 7.22. The summed E-state index contributed by atoms with van der Waals surface area (Å²) < 4.78 is 0. The minimum Gasteiger partial charge on any atom is -0.340 e. The van der Waals surface area contributed by atoms with E-state index in [1.165, 1.54) is 0 Å². The molecule has 0 radical (unpaired) electrons. The van der Waals surface area contributed by atoms with Crippen LogP contribution in [0.25, 0.3) is 0 Å². The van der Waals surface area contributed by atoms with Gasteiger partial charge in [0.1, 0.15) is 0 Å². The predicted octanol–water partition coefficient (Wildman–Crippen LogP) is 2.27. The molecule has 2 atom stereocenters. The third kappa shape index (κ3) is 3.47. The number of pyridine rings is 1. The molecule has 1 aromatic heterocycles. The summed E-state index contributed by atoms with van der Waals surface area (Å²) in [6, 6.07) is 14.0. The van der Waals surface area contributed by atoms with Crippen LogP contribution in [0.15, 0.2) is 54.9 Å². The van der Waals surface area contributed by atoms with Crippen LogP contribution in [0, 0.1) is 5.92 Å². The molecule has 0 spiro atoms. The molecule has 134 valence electrons. The lowest BCUT2D eigenvalue weighted by Gasteiger charge is -2.36. The van der Waals surface area contributed by atoms with Crippen LogP contribution >= 0.6 is 0 Å². The first-order valence-electron chi connectivity index (χ1n) is 9.22. The van der Waals surface area contributed by atoms with Crippen molar-refractivity contribution < 1.29 is 9.59 Å². The van der Waals surface area contributed by atoms with Crippen molar-refractivity contribution in [3.05, 3.63) is 66.0 Å². The number of aromatic nitrogens is 1. The second kappa shape index (κ2) is 7.28. The van der Waals surface area contributed by atoms with Gasteiger partial charge in [0.2, 0.25) is 11.8 Å². The minimum absolute atomic E-state index is 0.0738. The quantitative estimate of drug-likeness (QED) is 0.851. The van der Waals surface area contributed by atoms with Crippen molar-refractivity contribution in [2.24, 2.45) is 5.92 Å². The fourth-order valence-corrected chi connectivity index (χ4v) is 4.02. The van der Waals surface area contributed by atoms with Crippen LogP contribution in [0.3, 0.4) is 0 Å². The molecule has 1 aromatic carbocycles. The summed E-state index contributed by atoms with van der Waals surface area (Å²) in [5.74, 6) is 0.210. The summed E-state index contributed by atoms with van der Waals surface area (Å²) in [4.78, 5) is 33.7. The number of fused-ring (bicyclic) bond motifs is 4. The molecule has 5 nitrogen and oxygen atoms in total. The number of nitrogens with zero attached hydrogens (tertiary/aromatic N) is 3. The lowest BCUT2D eigenvalue weighted by Crippen LogP contribution is -2.47. The summed E-state index contributed by atoms with van der Waals surface area (Å²) in [6.07, 6.45) is 5.64. The van der Waals surface area contributed by atoms with Gasteiger partial charge in [0.15, 0.2) is 0 Å². The Morgan fingerprint density at radius 3 is 2.62 bits per heavy atom. The average molecular weight is 349 g/mol. The Bertz CT molecular complexity index is 778. The SMILES string of the molecule is O=C(Cc1cccnc1)N1C[C@H]2CC[C@@H](C1)N(Cc1ccccc1)C2=O. The van der Waals surface area contributed by atoms with Gasteiger partial charge >= 0.3 is 0 Å². The van der Waals surface area contributed by atoms with Crippen molar-refractivity contribution in [3.8, 4) is 0 Å². The maximum atomic E-state index is 12.9. The number of piperidine rings is 1. The normalized spacial score (nSPS) is 22.4. The van der Waals surface area contributed by atoms with Crippen LogP contribution in [0.5, 0.6) is 0 Å². The molecule has 26 heavy (non-hydrogen) atoms. The number of carbonyl (C=O) groups is 2. The zero-order chi connectivity index (χ0) is 17.9. The van der Waals surface area contributed by atoms with E-state index in [0.717, 1.165) is 24.0 Å². The fraction of sp³-hybridized carbons (Fsp3) is 0.381. The first-order chi connectivity index (χ1) is 12.7. The smallest absolute Gasteiger partial charge is 0.228 e. The van der Waals surface area contributed by atoms with E-state index in [1.807, 2.05) is 40.1 Å². The van der Waals surface area contributed by atoms with Crippen molar-refractivity contribution in [2.75, 3.05) is 13.1 Å². The molecule has 0 saturated carbocycles. The first kappa shape index (κ1) is 16.8. The Balaban J connectivity index is 1.48. The molecule has 5 heteroatoms. The van der Waals surface area contributed by atoms with Crippen LogP contribution in [0.4, 0.5) is 0 Å². The molecule has 2 aromatic rings. The van der Waals surface area contributed by atoms with Crippen molar-refractivity contribution in [2.45, 2.75) is 31.8 Å². The van der Waals surface area contributed by atoms with Gasteiger partial charge in [0.25, 0.3) is 0 Å². The summed E-state index contributed by atoms with van der Waals surface area (Å²) in [7, 11) is 0. The molecule has 3 aliphatic rings. The van der Waals surface area contributed by atoms with Gasteiger partial charge in [0, 0.05) is 38.1 Å². The van der Waals surface area contributed by atoms with Crippen LogP contribution in [-0.2, 0) is 22.6 Å². The van der Waals surface area contributed by atoms with E-state index >= 15 is 0 Å². The number of benzene rings is 1. The molecule has 2 bridgehead atoms. The fourth-order valence-electron chi connectivity index (χ4n) is 4.02. The highest BCUT2D eigenvalue weighted by molar-refractivity contribution is 5.84. The van der Waals surface area contributed by atoms with E-state index in [9.17, 15) is 9.59 Å². The molecule has 3 saturated heterocycles. The Hall–Kier alpha value is -2.69. The highest BCUT2D eigenvalue weighted by atomic mass is 16.2. The Kier molecular flexibility index (Phi) is 4.69. The summed E-state index contributed by atoms with van der Waals surface area (Å²) in [5.41, 5.74) is 2.06. The van der Waals surface area contributed by atoms with E-state index in [2.05, 4.69) is 17.1 Å². The molecule has 5 rings (SSSR count). The summed E-state index contributed by atoms with van der Waals surface area (Å²) in [6.45, 7) is 1.80. The van der Waals surface area contributed by atoms with Gasteiger partial charge < -0.3 is 9.80 Å². The number of hydrogen-bond donors (Lipinski definition) is 0. The van der Waals surface area contributed by atoms with Crippen LogP contribution < -0.4 is 0 Å². The van der Waals surface area contributed by atoms with Crippen molar-refractivity contribution in [1.82, 2.24) is 14.8 Å². The first-order valence-corrected chi connectivity index (χ1v) is 9.22. The molecule has 3 aliphatic heterocycles. The van der Waals surface area contributed by atoms with Gasteiger partial charge in [-0.15, -0.1) is 0 Å². The Labute approximate surface area is 153 Å². The van der Waals surface area contributed by atoms with Gasteiger partial charge in [-0.1, -0.05) is 36.4 Å². The lowest BCUT2D eigenvalue weighted by molar-refractivity contribution is -0.140. The molecule has 2 amide bonds. The molecular weight excluding hydrogens is 326 g/mol. The maximum absolute atomic E-state index is 12.9. The number of rotatable bonds is 4. The third-order valence-electron chi connectivity index (χ3n) is 5.42. The van der Waals surface area contributed by atoms with E-state index in [1.54, 1.807) is 12.4 Å².